The number of fused-ring (bicyclic) bond motifs is 6. The molecule has 0 radical (unpaired) electrons. The minimum atomic E-state index is 0.384. The third-order valence-corrected chi connectivity index (χ3v) is 8.16. The zero-order valence-corrected chi connectivity index (χ0v) is 23.1. The highest BCUT2D eigenvalue weighted by molar-refractivity contribution is 6.11. The molecule has 202 valence electrons. The minimum absolute atomic E-state index is 0.384. The van der Waals surface area contributed by atoms with Crippen LogP contribution in [0, 0.1) is 34.0 Å². The monoisotopic (exact) mass is 561 g/mol. The van der Waals surface area contributed by atoms with E-state index < -0.39 is 0 Å². The first kappa shape index (κ1) is 25.1. The van der Waals surface area contributed by atoms with E-state index in [4.69, 9.17) is 8.83 Å². The van der Waals surface area contributed by atoms with Crippen molar-refractivity contribution in [1.82, 2.24) is 0 Å². The molecule has 0 aliphatic rings. The normalized spacial score (nSPS) is 11.1. The lowest BCUT2D eigenvalue weighted by molar-refractivity contribution is 0.669. The summed E-state index contributed by atoms with van der Waals surface area (Å²) in [5.74, 6) is 0. The molecule has 0 spiro atoms. The number of para-hydroxylation sites is 3. The van der Waals surface area contributed by atoms with Crippen LogP contribution in [0.5, 0.6) is 0 Å². The van der Waals surface area contributed by atoms with Crippen molar-refractivity contribution in [2.24, 2.45) is 0 Å². The second-order valence-electron chi connectivity index (χ2n) is 10.7. The number of nitrogens with zero attached hydrogens (tertiary/aromatic N) is 3. The summed E-state index contributed by atoms with van der Waals surface area (Å²) in [5.41, 5.74) is 8.66. The van der Waals surface area contributed by atoms with Gasteiger partial charge in [-0.15, -0.1) is 0 Å². The maximum atomic E-state index is 10.7. The van der Waals surface area contributed by atoms with Crippen LogP contribution in [0.25, 0.3) is 77.3 Å². The Kier molecular flexibility index (Phi) is 5.56. The van der Waals surface area contributed by atoms with Gasteiger partial charge in [0.2, 0.25) is 0 Å². The quantitative estimate of drug-likeness (QED) is 0.214. The number of furan rings is 2. The SMILES string of the molecule is N#Cc1cc(C#N)cc(-c2cc(-c3ccc4c(c3)oc3ccccc34)c(C#N)c(-c3cccc4c3oc3ccccc34)c2)c1. The van der Waals surface area contributed by atoms with Crippen LogP contribution >= 0.6 is 0 Å². The molecule has 0 unspecified atom stereocenters. The Labute approximate surface area is 251 Å². The zero-order valence-electron chi connectivity index (χ0n) is 23.1. The molecule has 5 nitrogen and oxygen atoms in total. The van der Waals surface area contributed by atoms with E-state index in [0.29, 0.717) is 39.0 Å². The average Bonchev–Trinajstić information content (AvgIpc) is 3.65. The zero-order chi connectivity index (χ0) is 29.8. The van der Waals surface area contributed by atoms with Gasteiger partial charge in [-0.05, 0) is 71.3 Å². The summed E-state index contributed by atoms with van der Waals surface area (Å²) >= 11 is 0. The van der Waals surface area contributed by atoms with E-state index in [2.05, 4.69) is 18.2 Å². The van der Waals surface area contributed by atoms with E-state index in [9.17, 15) is 15.8 Å². The fraction of sp³-hybridized carbons (Fsp3) is 0. The molecule has 8 aromatic rings. The van der Waals surface area contributed by atoms with Crippen LogP contribution in [-0.2, 0) is 0 Å². The first-order chi connectivity index (χ1) is 21.6. The molecule has 2 heterocycles. The molecule has 0 atom stereocenters. The van der Waals surface area contributed by atoms with Gasteiger partial charge in [0, 0.05) is 38.2 Å². The largest absolute Gasteiger partial charge is 0.456 e. The molecular formula is C39H19N3O2. The molecule has 8 rings (SSSR count). The Bertz CT molecular complexity index is 2570. The summed E-state index contributed by atoms with van der Waals surface area (Å²) < 4.78 is 12.6. The van der Waals surface area contributed by atoms with Gasteiger partial charge < -0.3 is 8.83 Å². The van der Waals surface area contributed by atoms with E-state index >= 15 is 0 Å². The van der Waals surface area contributed by atoms with E-state index in [1.54, 1.807) is 18.2 Å². The van der Waals surface area contributed by atoms with E-state index in [-0.39, 0.29) is 0 Å². The predicted molar refractivity (Wildman–Crippen MR) is 171 cm³/mol. The van der Waals surface area contributed by atoms with Crippen LogP contribution < -0.4 is 0 Å². The molecule has 0 amide bonds. The Morgan fingerprint density at radius 2 is 1.02 bits per heavy atom. The van der Waals surface area contributed by atoms with Crippen LogP contribution in [0.3, 0.4) is 0 Å². The summed E-state index contributed by atoms with van der Waals surface area (Å²) in [6.07, 6.45) is 0. The first-order valence-electron chi connectivity index (χ1n) is 14.0. The fourth-order valence-corrected chi connectivity index (χ4v) is 6.15. The maximum Gasteiger partial charge on any atom is 0.143 e. The summed E-state index contributed by atoms with van der Waals surface area (Å²) in [4.78, 5) is 0. The number of rotatable bonds is 3. The number of hydrogen-bond donors (Lipinski definition) is 0. The lowest BCUT2D eigenvalue weighted by Crippen LogP contribution is -1.94. The lowest BCUT2D eigenvalue weighted by Gasteiger charge is -2.15. The van der Waals surface area contributed by atoms with E-state index in [1.165, 1.54) is 0 Å². The van der Waals surface area contributed by atoms with Gasteiger partial charge in [0.1, 0.15) is 28.4 Å². The van der Waals surface area contributed by atoms with Gasteiger partial charge in [-0.25, -0.2) is 0 Å². The van der Waals surface area contributed by atoms with Crippen LogP contribution in [0.2, 0.25) is 0 Å². The van der Waals surface area contributed by atoms with Gasteiger partial charge in [0.05, 0.1) is 28.8 Å². The van der Waals surface area contributed by atoms with Crippen LogP contribution in [-0.4, -0.2) is 0 Å². The molecule has 0 N–H and O–H groups in total. The third kappa shape index (κ3) is 3.84. The minimum Gasteiger partial charge on any atom is -0.456 e. The summed E-state index contributed by atoms with van der Waals surface area (Å²) in [5, 5.41) is 34.1. The predicted octanol–water partition coefficient (Wildman–Crippen LogP) is 10.1. The molecule has 0 fully saturated rings. The molecule has 0 saturated carbocycles. The van der Waals surface area contributed by atoms with Gasteiger partial charge in [-0.2, -0.15) is 15.8 Å². The highest BCUT2D eigenvalue weighted by Gasteiger charge is 2.20. The van der Waals surface area contributed by atoms with E-state index in [0.717, 1.165) is 55.0 Å². The van der Waals surface area contributed by atoms with Gasteiger partial charge in [-0.3, -0.25) is 0 Å². The Morgan fingerprint density at radius 3 is 1.75 bits per heavy atom. The molecule has 0 aliphatic carbocycles. The third-order valence-electron chi connectivity index (χ3n) is 8.16. The lowest BCUT2D eigenvalue weighted by atomic mass is 9.87. The smallest absolute Gasteiger partial charge is 0.143 e. The number of hydrogen-bond acceptors (Lipinski definition) is 5. The molecule has 6 aromatic carbocycles. The van der Waals surface area contributed by atoms with Gasteiger partial charge in [0.25, 0.3) is 0 Å². The molecule has 2 aromatic heterocycles. The van der Waals surface area contributed by atoms with Crippen LogP contribution in [0.4, 0.5) is 0 Å². The van der Waals surface area contributed by atoms with E-state index in [1.807, 2.05) is 97.1 Å². The Hall–Kier alpha value is -6.61. The van der Waals surface area contributed by atoms with Gasteiger partial charge in [-0.1, -0.05) is 60.7 Å². The summed E-state index contributed by atoms with van der Waals surface area (Å²) in [6.45, 7) is 0. The number of nitriles is 3. The van der Waals surface area contributed by atoms with Crippen molar-refractivity contribution in [3.05, 3.63) is 132 Å². The highest BCUT2D eigenvalue weighted by atomic mass is 16.3. The molecule has 0 saturated heterocycles. The van der Waals surface area contributed by atoms with Crippen LogP contribution in [0.15, 0.2) is 124 Å². The molecule has 0 bridgehead atoms. The standard InChI is InChI=1S/C39H19N3O2/c40-20-23-14-24(21-41)16-26(15-23)27-17-33(25-12-13-30-28-6-1-3-10-36(28)43-38(30)19-25)35(22-42)34(18-27)32-9-5-8-31-29-7-2-4-11-37(29)44-39(31)32/h1-19H. The van der Waals surface area contributed by atoms with Crippen molar-refractivity contribution in [1.29, 1.82) is 15.8 Å². The molecule has 44 heavy (non-hydrogen) atoms. The van der Waals surface area contributed by atoms with Crippen molar-refractivity contribution >= 4 is 43.9 Å². The average molecular weight is 562 g/mol. The Morgan fingerprint density at radius 1 is 0.409 bits per heavy atom. The van der Waals surface area contributed by atoms with Crippen molar-refractivity contribution in [2.45, 2.75) is 0 Å². The van der Waals surface area contributed by atoms with Crippen molar-refractivity contribution in [3.63, 3.8) is 0 Å². The van der Waals surface area contributed by atoms with Crippen LogP contribution in [0.1, 0.15) is 16.7 Å². The Balaban J connectivity index is 1.45. The first-order valence-corrected chi connectivity index (χ1v) is 14.0. The topological polar surface area (TPSA) is 97.6 Å². The van der Waals surface area contributed by atoms with Crippen molar-refractivity contribution in [3.8, 4) is 51.6 Å². The summed E-state index contributed by atoms with van der Waals surface area (Å²) in [7, 11) is 0. The fourth-order valence-electron chi connectivity index (χ4n) is 6.15. The molecule has 5 heteroatoms. The van der Waals surface area contributed by atoms with Crippen molar-refractivity contribution in [2.75, 3.05) is 0 Å². The molecule has 0 aliphatic heterocycles. The maximum absolute atomic E-state index is 10.7. The number of benzene rings is 6. The second-order valence-corrected chi connectivity index (χ2v) is 10.7. The second kappa shape index (κ2) is 9.74. The van der Waals surface area contributed by atoms with Crippen molar-refractivity contribution < 1.29 is 8.83 Å². The molecular weight excluding hydrogens is 542 g/mol. The van der Waals surface area contributed by atoms with Gasteiger partial charge in [0.15, 0.2) is 0 Å². The summed E-state index contributed by atoms with van der Waals surface area (Å²) in [6, 6.07) is 43.5. The van der Waals surface area contributed by atoms with Gasteiger partial charge >= 0.3 is 0 Å². The highest BCUT2D eigenvalue weighted by Crippen LogP contribution is 2.43.